The number of aryl methyl sites for hydroxylation is 1. The van der Waals surface area contributed by atoms with Gasteiger partial charge in [-0.15, -0.1) is 0 Å². The Morgan fingerprint density at radius 2 is 1.40 bits per heavy atom. The Morgan fingerprint density at radius 3 is 2.00 bits per heavy atom. The van der Waals surface area contributed by atoms with Crippen molar-refractivity contribution in [2.24, 2.45) is 0 Å². The SMILES string of the molecule is [CH2]=[Zr]([C]1=CC=CC1)([c]1ccccc1)([c]1cccc(Cl)c1)[c]1c(C)c(C(C)(C)C)cc2c1Cc1cc(C)c(C(C)(C)C)cc1-2. The molecular weight excluding hydrogens is 619 g/mol. The molecule has 2 aliphatic carbocycles. The summed E-state index contributed by atoms with van der Waals surface area (Å²) >= 11 is 2.00. The maximum absolute atomic E-state index is 6.88. The Hall–Kier alpha value is -2.60. The first-order valence-corrected chi connectivity index (χ1v) is 22.7. The van der Waals surface area contributed by atoms with E-state index in [0.29, 0.717) is 0 Å². The second-order valence-electron chi connectivity index (χ2n) is 15.1. The molecule has 0 aromatic heterocycles. The molecule has 0 nitrogen and oxygen atoms in total. The van der Waals surface area contributed by atoms with Crippen molar-refractivity contribution >= 4 is 25.6 Å². The van der Waals surface area contributed by atoms with E-state index in [2.05, 4.69) is 140 Å². The number of fused-ring (bicyclic) bond motifs is 3. The van der Waals surface area contributed by atoms with Crippen LogP contribution in [0.25, 0.3) is 11.1 Å². The van der Waals surface area contributed by atoms with Crippen LogP contribution in [0.2, 0.25) is 5.02 Å². The quantitative estimate of drug-likeness (QED) is 0.180. The molecular formula is C41H45ClZr. The van der Waals surface area contributed by atoms with E-state index in [-0.39, 0.29) is 10.8 Å². The summed E-state index contributed by atoms with van der Waals surface area (Å²) in [5.74, 6) is 0. The molecule has 0 saturated heterocycles. The van der Waals surface area contributed by atoms with Crippen LogP contribution in [0.4, 0.5) is 0 Å². The normalized spacial score (nSPS) is 15.0. The van der Waals surface area contributed by atoms with Crippen molar-refractivity contribution in [3.63, 3.8) is 0 Å². The van der Waals surface area contributed by atoms with E-state index in [4.69, 9.17) is 15.8 Å². The molecule has 0 bridgehead atoms. The minimum absolute atomic E-state index is 0.0323. The summed E-state index contributed by atoms with van der Waals surface area (Å²) < 4.78 is 11.4. The predicted molar refractivity (Wildman–Crippen MR) is 187 cm³/mol. The fourth-order valence-corrected chi connectivity index (χ4v) is 25.4. The van der Waals surface area contributed by atoms with Crippen molar-refractivity contribution in [1.82, 2.24) is 0 Å². The van der Waals surface area contributed by atoms with Gasteiger partial charge in [0, 0.05) is 0 Å². The van der Waals surface area contributed by atoms with Crippen molar-refractivity contribution < 1.29 is 18.3 Å². The average molecular weight is 664 g/mol. The van der Waals surface area contributed by atoms with Crippen LogP contribution in [0, 0.1) is 13.8 Å². The topological polar surface area (TPSA) is 0 Å². The summed E-state index contributed by atoms with van der Waals surface area (Å²) in [5, 5.41) is 0.777. The summed E-state index contributed by atoms with van der Waals surface area (Å²) in [6.45, 7) is 18.8. The second kappa shape index (κ2) is 10.2. The van der Waals surface area contributed by atoms with Gasteiger partial charge in [0.05, 0.1) is 0 Å². The van der Waals surface area contributed by atoms with Gasteiger partial charge in [-0.3, -0.25) is 0 Å². The maximum atomic E-state index is 6.88. The summed E-state index contributed by atoms with van der Waals surface area (Å²) in [6, 6.07) is 27.5. The first-order chi connectivity index (χ1) is 20.2. The van der Waals surface area contributed by atoms with Gasteiger partial charge in [0.15, 0.2) is 0 Å². The number of hydrogen-bond acceptors (Lipinski definition) is 0. The van der Waals surface area contributed by atoms with Gasteiger partial charge in [-0.25, -0.2) is 0 Å². The molecule has 0 aliphatic heterocycles. The Balaban J connectivity index is 1.86. The Kier molecular flexibility index (Phi) is 7.23. The molecule has 0 unspecified atom stereocenters. The number of hydrogen-bond donors (Lipinski definition) is 0. The molecule has 4 aromatic rings. The number of rotatable bonds is 4. The fourth-order valence-electron chi connectivity index (χ4n) is 8.43. The molecule has 0 fully saturated rings. The Labute approximate surface area is 265 Å². The molecule has 2 heteroatoms. The zero-order valence-electron chi connectivity index (χ0n) is 27.2. The van der Waals surface area contributed by atoms with E-state index in [1.165, 1.54) is 57.6 Å². The van der Waals surface area contributed by atoms with Crippen LogP contribution in [-0.4, -0.2) is 4.21 Å². The van der Waals surface area contributed by atoms with Crippen molar-refractivity contribution in [2.45, 2.75) is 79.1 Å². The molecule has 0 N–H and O–H groups in total. The van der Waals surface area contributed by atoms with E-state index in [1.807, 2.05) is 6.07 Å². The van der Waals surface area contributed by atoms with E-state index >= 15 is 0 Å². The Bertz CT molecular complexity index is 1900. The van der Waals surface area contributed by atoms with Gasteiger partial charge in [-0.2, -0.15) is 0 Å². The van der Waals surface area contributed by atoms with Crippen molar-refractivity contribution in [1.29, 1.82) is 0 Å². The standard InChI is InChI=1S/C23H29.C6H4Cl.C6H5.C5H5.CH2.Zr/c1-14-9-16-11-17-10-15(2)21(23(6,7)8)13-19(17)18(16)12-20(14)22(3,4)5;7-6-4-2-1-3-5-6;1-2-4-6-5-3-1;1-2-4-5-3-1;;/h9,12-13H,11H2,1-8H3;1-2,4-5H;1-5H;1-3H,4H2;1H2;. The average Bonchev–Trinajstić information content (AvgIpc) is 3.60. The van der Waals surface area contributed by atoms with Crippen LogP contribution in [0.5, 0.6) is 0 Å². The third kappa shape index (κ3) is 4.52. The zero-order chi connectivity index (χ0) is 31.0. The molecule has 2 aliphatic rings. The molecule has 220 valence electrons. The van der Waals surface area contributed by atoms with E-state index in [9.17, 15) is 0 Å². The van der Waals surface area contributed by atoms with Crippen LogP contribution >= 0.6 is 11.6 Å². The third-order valence-corrected chi connectivity index (χ3v) is 27.2. The van der Waals surface area contributed by atoms with Crippen LogP contribution in [0.3, 0.4) is 0 Å². The van der Waals surface area contributed by atoms with Gasteiger partial charge in [-0.1, -0.05) is 0 Å². The first-order valence-electron chi connectivity index (χ1n) is 15.7. The molecule has 0 heterocycles. The van der Waals surface area contributed by atoms with Gasteiger partial charge >= 0.3 is 267 Å². The third-order valence-electron chi connectivity index (χ3n) is 10.3. The summed E-state index contributed by atoms with van der Waals surface area (Å²) in [7, 11) is 0. The molecule has 4 aromatic carbocycles. The Morgan fingerprint density at radius 1 is 0.744 bits per heavy atom. The second-order valence-corrected chi connectivity index (χ2v) is 28.4. The number of allylic oxidation sites excluding steroid dienone is 4. The van der Waals surface area contributed by atoms with Crippen molar-refractivity contribution in [2.75, 3.05) is 0 Å². The van der Waals surface area contributed by atoms with Crippen molar-refractivity contribution in [3.8, 4) is 11.1 Å². The monoisotopic (exact) mass is 662 g/mol. The minimum atomic E-state index is -4.87. The molecule has 43 heavy (non-hydrogen) atoms. The zero-order valence-corrected chi connectivity index (χ0v) is 30.4. The van der Waals surface area contributed by atoms with E-state index in [1.54, 1.807) is 0 Å². The predicted octanol–water partition coefficient (Wildman–Crippen LogP) is 9.36. The van der Waals surface area contributed by atoms with Gasteiger partial charge in [0.1, 0.15) is 0 Å². The van der Waals surface area contributed by atoms with Gasteiger partial charge < -0.3 is 0 Å². The molecule has 6 rings (SSSR count). The van der Waals surface area contributed by atoms with Crippen LogP contribution in [0.15, 0.2) is 94.3 Å². The van der Waals surface area contributed by atoms with Crippen LogP contribution in [0.1, 0.15) is 81.3 Å². The summed E-state index contributed by atoms with van der Waals surface area (Å²) in [4.78, 5) is 0. The number of halogens is 1. The summed E-state index contributed by atoms with van der Waals surface area (Å²) in [5.41, 5.74) is 11.4. The van der Waals surface area contributed by atoms with E-state index in [0.717, 1.165) is 17.9 Å². The molecule has 0 atom stereocenters. The van der Waals surface area contributed by atoms with Crippen molar-refractivity contribution in [3.05, 3.63) is 133 Å². The molecule has 0 saturated carbocycles. The van der Waals surface area contributed by atoms with E-state index < -0.39 is 18.3 Å². The van der Waals surface area contributed by atoms with Gasteiger partial charge in [0.2, 0.25) is 0 Å². The first kappa shape index (κ1) is 30.4. The van der Waals surface area contributed by atoms with Crippen LogP contribution in [-0.2, 0) is 35.5 Å². The molecule has 0 radical (unpaired) electrons. The molecule has 0 spiro atoms. The van der Waals surface area contributed by atoms with Gasteiger partial charge in [-0.05, 0) is 0 Å². The van der Waals surface area contributed by atoms with Crippen LogP contribution < -0.4 is 9.81 Å². The number of benzene rings is 4. The fraction of sp³-hybridized carbons (Fsp3) is 0.293. The molecule has 0 amide bonds. The summed E-state index contributed by atoms with van der Waals surface area (Å²) in [6.07, 6.45) is 8.82. The van der Waals surface area contributed by atoms with Gasteiger partial charge in [0.25, 0.3) is 0 Å².